The number of carbonyl (C=O) groups is 2. The topological polar surface area (TPSA) is 88.1 Å². The molecule has 7 nitrogen and oxygen atoms in total. The maximum atomic E-state index is 12.7. The Bertz CT molecular complexity index is 750. The van der Waals surface area contributed by atoms with Crippen LogP contribution in [0.1, 0.15) is 42.9 Å². The number of aromatic nitrogens is 3. The van der Waals surface area contributed by atoms with Crippen molar-refractivity contribution in [3.8, 4) is 0 Å². The molecule has 2 amide bonds. The van der Waals surface area contributed by atoms with Gasteiger partial charge in [-0.1, -0.05) is 6.07 Å². The average Bonchev–Trinajstić information content (AvgIpc) is 3.11. The van der Waals surface area contributed by atoms with Gasteiger partial charge in [0.2, 0.25) is 11.8 Å². The van der Waals surface area contributed by atoms with E-state index in [4.69, 9.17) is 0 Å². The van der Waals surface area contributed by atoms with Gasteiger partial charge in [0.15, 0.2) is 5.82 Å². The van der Waals surface area contributed by atoms with Crippen molar-refractivity contribution in [1.82, 2.24) is 25.2 Å². The van der Waals surface area contributed by atoms with Gasteiger partial charge in [-0.05, 0) is 30.5 Å². The number of carbonyl (C=O) groups excluding carboxylic acids is 2. The summed E-state index contributed by atoms with van der Waals surface area (Å²) in [6.07, 6.45) is 7.21. The van der Waals surface area contributed by atoms with Gasteiger partial charge in [0, 0.05) is 32.1 Å². The zero-order valence-corrected chi connectivity index (χ0v) is 14.2. The molecule has 1 aliphatic heterocycles. The second-order valence-electron chi connectivity index (χ2n) is 6.10. The number of rotatable bonds is 5. The molecule has 0 aromatic carbocycles. The molecule has 1 N–H and O–H groups in total. The number of likely N-dealkylation sites (tertiary alicyclic amines) is 1. The van der Waals surface area contributed by atoms with Gasteiger partial charge in [-0.3, -0.25) is 14.6 Å². The zero-order chi connectivity index (χ0) is 17.6. The first-order valence-corrected chi connectivity index (χ1v) is 8.38. The number of hydrogen-bond acceptors (Lipinski definition) is 5. The van der Waals surface area contributed by atoms with E-state index in [-0.39, 0.29) is 17.9 Å². The molecule has 0 spiro atoms. The lowest BCUT2D eigenvalue weighted by Gasteiger charge is -2.24. The van der Waals surface area contributed by atoms with E-state index in [1.54, 1.807) is 24.7 Å². The quantitative estimate of drug-likeness (QED) is 0.890. The SMILES string of the molecule is CC(=O)NCc1ccnc([C@@H]2CCCN2C(=O)Cc2cccnc2)n1. The summed E-state index contributed by atoms with van der Waals surface area (Å²) in [6.45, 7) is 2.54. The third-order valence-electron chi connectivity index (χ3n) is 4.20. The number of hydrogen-bond donors (Lipinski definition) is 1. The van der Waals surface area contributed by atoms with Gasteiger partial charge in [-0.15, -0.1) is 0 Å². The lowest BCUT2D eigenvalue weighted by atomic mass is 10.1. The zero-order valence-electron chi connectivity index (χ0n) is 14.2. The summed E-state index contributed by atoms with van der Waals surface area (Å²) >= 11 is 0. The Balaban J connectivity index is 1.71. The summed E-state index contributed by atoms with van der Waals surface area (Å²) < 4.78 is 0. The van der Waals surface area contributed by atoms with Crippen LogP contribution in [0.15, 0.2) is 36.8 Å². The number of nitrogens with zero attached hydrogens (tertiary/aromatic N) is 4. The van der Waals surface area contributed by atoms with Crippen LogP contribution < -0.4 is 5.32 Å². The van der Waals surface area contributed by atoms with Crippen LogP contribution in [-0.4, -0.2) is 38.2 Å². The van der Waals surface area contributed by atoms with Gasteiger partial charge >= 0.3 is 0 Å². The fraction of sp³-hybridized carbons (Fsp3) is 0.389. The van der Waals surface area contributed by atoms with E-state index in [1.807, 2.05) is 17.0 Å². The van der Waals surface area contributed by atoms with Crippen LogP contribution in [0.25, 0.3) is 0 Å². The highest BCUT2D eigenvalue weighted by molar-refractivity contribution is 5.79. The summed E-state index contributed by atoms with van der Waals surface area (Å²) in [7, 11) is 0. The molecule has 0 bridgehead atoms. The molecule has 1 aliphatic rings. The van der Waals surface area contributed by atoms with Crippen LogP contribution in [0.3, 0.4) is 0 Å². The minimum atomic E-state index is -0.110. The Morgan fingerprint density at radius 2 is 2.20 bits per heavy atom. The predicted molar refractivity (Wildman–Crippen MR) is 91.2 cm³/mol. The molecule has 0 radical (unpaired) electrons. The monoisotopic (exact) mass is 339 g/mol. The van der Waals surface area contributed by atoms with Crippen LogP contribution in [0.4, 0.5) is 0 Å². The normalized spacial score (nSPS) is 16.7. The van der Waals surface area contributed by atoms with Crippen LogP contribution in [0.2, 0.25) is 0 Å². The van der Waals surface area contributed by atoms with Crippen molar-refractivity contribution < 1.29 is 9.59 Å². The second-order valence-corrected chi connectivity index (χ2v) is 6.10. The van der Waals surface area contributed by atoms with E-state index in [9.17, 15) is 9.59 Å². The summed E-state index contributed by atoms with van der Waals surface area (Å²) in [5, 5.41) is 2.73. The maximum Gasteiger partial charge on any atom is 0.227 e. The van der Waals surface area contributed by atoms with Gasteiger partial charge in [0.1, 0.15) is 0 Å². The minimum absolute atomic E-state index is 0.0614. The molecule has 130 valence electrons. The van der Waals surface area contributed by atoms with E-state index < -0.39 is 0 Å². The van der Waals surface area contributed by atoms with E-state index in [1.165, 1.54) is 6.92 Å². The largest absolute Gasteiger partial charge is 0.351 e. The summed E-state index contributed by atoms with van der Waals surface area (Å²) in [6, 6.07) is 5.40. The van der Waals surface area contributed by atoms with E-state index in [2.05, 4.69) is 20.3 Å². The third-order valence-corrected chi connectivity index (χ3v) is 4.20. The van der Waals surface area contributed by atoms with Crippen molar-refractivity contribution in [2.75, 3.05) is 6.54 Å². The molecule has 0 unspecified atom stereocenters. The smallest absolute Gasteiger partial charge is 0.227 e. The Morgan fingerprint density at radius 3 is 2.96 bits per heavy atom. The van der Waals surface area contributed by atoms with Crippen molar-refractivity contribution >= 4 is 11.8 Å². The number of pyridine rings is 1. The molecule has 2 aromatic heterocycles. The Labute approximate surface area is 146 Å². The molecule has 2 aromatic rings. The molecular formula is C18H21N5O2. The van der Waals surface area contributed by atoms with Crippen molar-refractivity contribution in [1.29, 1.82) is 0 Å². The van der Waals surface area contributed by atoms with Gasteiger partial charge in [0.05, 0.1) is 24.7 Å². The summed E-state index contributed by atoms with van der Waals surface area (Å²) in [4.78, 5) is 38.5. The van der Waals surface area contributed by atoms with E-state index >= 15 is 0 Å². The highest BCUT2D eigenvalue weighted by Crippen LogP contribution is 2.30. The molecule has 1 fully saturated rings. The van der Waals surface area contributed by atoms with Crippen LogP contribution in [-0.2, 0) is 22.6 Å². The summed E-state index contributed by atoms with van der Waals surface area (Å²) in [5.74, 6) is 0.598. The molecule has 25 heavy (non-hydrogen) atoms. The van der Waals surface area contributed by atoms with Crippen LogP contribution in [0.5, 0.6) is 0 Å². The molecular weight excluding hydrogens is 318 g/mol. The lowest BCUT2D eigenvalue weighted by Crippen LogP contribution is -2.33. The molecule has 3 rings (SSSR count). The Morgan fingerprint density at radius 1 is 1.32 bits per heavy atom. The van der Waals surface area contributed by atoms with Gasteiger partial charge in [-0.25, -0.2) is 9.97 Å². The van der Waals surface area contributed by atoms with Crippen molar-refractivity contribution in [2.45, 2.75) is 38.8 Å². The van der Waals surface area contributed by atoms with Gasteiger partial charge < -0.3 is 10.2 Å². The lowest BCUT2D eigenvalue weighted by molar-refractivity contribution is -0.131. The summed E-state index contributed by atoms with van der Waals surface area (Å²) in [5.41, 5.74) is 1.64. The number of nitrogens with one attached hydrogen (secondary N) is 1. The fourth-order valence-corrected chi connectivity index (χ4v) is 3.00. The average molecular weight is 339 g/mol. The molecule has 7 heteroatoms. The third kappa shape index (κ3) is 4.37. The maximum absolute atomic E-state index is 12.7. The molecule has 0 aliphatic carbocycles. The highest BCUT2D eigenvalue weighted by atomic mass is 16.2. The first-order valence-electron chi connectivity index (χ1n) is 8.38. The van der Waals surface area contributed by atoms with Crippen LogP contribution in [0, 0.1) is 0 Å². The van der Waals surface area contributed by atoms with Crippen molar-refractivity contribution in [3.05, 3.63) is 53.9 Å². The van der Waals surface area contributed by atoms with E-state index in [0.717, 1.165) is 24.1 Å². The minimum Gasteiger partial charge on any atom is -0.351 e. The molecule has 3 heterocycles. The van der Waals surface area contributed by atoms with Crippen molar-refractivity contribution in [3.63, 3.8) is 0 Å². The Hall–Kier alpha value is -2.83. The van der Waals surface area contributed by atoms with Crippen molar-refractivity contribution in [2.24, 2.45) is 0 Å². The fourth-order valence-electron chi connectivity index (χ4n) is 3.00. The van der Waals surface area contributed by atoms with Crippen LogP contribution >= 0.6 is 0 Å². The van der Waals surface area contributed by atoms with E-state index in [0.29, 0.717) is 25.3 Å². The molecule has 1 saturated heterocycles. The standard InChI is InChI=1S/C18H21N5O2/c1-13(24)21-12-15-6-8-20-18(22-15)16-5-3-9-23(16)17(25)10-14-4-2-7-19-11-14/h2,4,6-8,11,16H,3,5,9-10,12H2,1H3,(H,21,24)/t16-/m0/s1. The first-order chi connectivity index (χ1) is 12.1. The Kier molecular flexibility index (Phi) is 5.33. The predicted octanol–water partition coefficient (Wildman–Crippen LogP) is 1.41. The highest BCUT2D eigenvalue weighted by Gasteiger charge is 2.31. The first kappa shape index (κ1) is 17.0. The number of amides is 2. The molecule has 1 atom stereocenters. The second kappa shape index (κ2) is 7.83. The van der Waals surface area contributed by atoms with Gasteiger partial charge in [0.25, 0.3) is 0 Å². The molecule has 0 saturated carbocycles. The van der Waals surface area contributed by atoms with Gasteiger partial charge in [-0.2, -0.15) is 0 Å².